The molecular formula is C23H25NO6. The number of carbonyl (C=O) groups is 3. The standard InChI is InChI=1S/C23H25NO6/c1-23(2,3)30-21(27)19(12-20(25)26)24-22(28)29-13-18-16-10-6-4-8-14(16)15-9-5-7-11-17(15)18/h4-11,18-19H,12-13H2,1-3H3,(H,24,28)(H,25,26)/t19-/m0/s1. The highest BCUT2D eigenvalue weighted by molar-refractivity contribution is 5.86. The minimum atomic E-state index is -1.34. The zero-order valence-corrected chi connectivity index (χ0v) is 17.2. The van der Waals surface area contributed by atoms with E-state index >= 15 is 0 Å². The molecule has 7 heteroatoms. The van der Waals surface area contributed by atoms with Crippen LogP contribution in [-0.4, -0.2) is 41.4 Å². The molecule has 30 heavy (non-hydrogen) atoms. The van der Waals surface area contributed by atoms with Crippen LogP contribution in [0.25, 0.3) is 11.1 Å². The highest BCUT2D eigenvalue weighted by Crippen LogP contribution is 2.44. The summed E-state index contributed by atoms with van der Waals surface area (Å²) in [5, 5.41) is 11.4. The number of nitrogens with one attached hydrogen (secondary N) is 1. The maximum atomic E-state index is 12.4. The van der Waals surface area contributed by atoms with E-state index in [1.165, 1.54) is 0 Å². The molecule has 0 spiro atoms. The lowest BCUT2D eigenvalue weighted by Crippen LogP contribution is -2.45. The largest absolute Gasteiger partial charge is 0.481 e. The molecule has 0 saturated carbocycles. The SMILES string of the molecule is CC(C)(C)OC(=O)[C@H](CC(=O)O)NC(=O)OCC1c2ccccc2-c2ccccc21. The summed E-state index contributed by atoms with van der Waals surface area (Å²) in [6.07, 6.45) is -1.46. The molecule has 1 amide bonds. The van der Waals surface area contributed by atoms with Gasteiger partial charge in [-0.05, 0) is 43.0 Å². The van der Waals surface area contributed by atoms with E-state index in [-0.39, 0.29) is 12.5 Å². The molecule has 0 saturated heterocycles. The van der Waals surface area contributed by atoms with Gasteiger partial charge in [0.25, 0.3) is 0 Å². The predicted octanol–water partition coefficient (Wildman–Crippen LogP) is 3.71. The fourth-order valence-corrected chi connectivity index (χ4v) is 3.52. The molecular weight excluding hydrogens is 386 g/mol. The maximum Gasteiger partial charge on any atom is 0.407 e. The molecule has 2 aromatic rings. The normalized spacial score (nSPS) is 13.7. The van der Waals surface area contributed by atoms with Crippen LogP contribution in [0.15, 0.2) is 48.5 Å². The lowest BCUT2D eigenvalue weighted by Gasteiger charge is -2.24. The van der Waals surface area contributed by atoms with E-state index in [4.69, 9.17) is 14.6 Å². The molecule has 0 bridgehead atoms. The van der Waals surface area contributed by atoms with Gasteiger partial charge in [-0.25, -0.2) is 9.59 Å². The fourth-order valence-electron chi connectivity index (χ4n) is 3.52. The van der Waals surface area contributed by atoms with Crippen LogP contribution < -0.4 is 5.32 Å². The third-order valence-electron chi connectivity index (χ3n) is 4.71. The Morgan fingerprint density at radius 3 is 2.03 bits per heavy atom. The Kier molecular flexibility index (Phi) is 6.10. The Morgan fingerprint density at radius 1 is 1.00 bits per heavy atom. The van der Waals surface area contributed by atoms with E-state index in [1.807, 2.05) is 48.5 Å². The summed E-state index contributed by atoms with van der Waals surface area (Å²) >= 11 is 0. The second-order valence-electron chi connectivity index (χ2n) is 8.15. The quantitative estimate of drug-likeness (QED) is 0.703. The highest BCUT2D eigenvalue weighted by Gasteiger charge is 2.31. The second-order valence-corrected chi connectivity index (χ2v) is 8.15. The van der Waals surface area contributed by atoms with Crippen LogP contribution in [0.3, 0.4) is 0 Å². The third-order valence-corrected chi connectivity index (χ3v) is 4.71. The first-order valence-corrected chi connectivity index (χ1v) is 9.72. The minimum absolute atomic E-state index is 0.0635. The molecule has 1 aliphatic rings. The van der Waals surface area contributed by atoms with Gasteiger partial charge in [-0.2, -0.15) is 0 Å². The summed E-state index contributed by atoms with van der Waals surface area (Å²) in [6, 6.07) is 14.5. The van der Waals surface area contributed by atoms with Gasteiger partial charge >= 0.3 is 18.0 Å². The Morgan fingerprint density at radius 2 is 1.53 bits per heavy atom. The van der Waals surface area contributed by atoms with Crippen LogP contribution in [0.2, 0.25) is 0 Å². The van der Waals surface area contributed by atoms with Crippen LogP contribution in [0.1, 0.15) is 44.2 Å². The molecule has 3 rings (SSSR count). The summed E-state index contributed by atoms with van der Waals surface area (Å²) in [5.41, 5.74) is 3.50. The molecule has 2 aromatic carbocycles. The molecule has 0 aliphatic heterocycles. The van der Waals surface area contributed by atoms with E-state index in [0.29, 0.717) is 0 Å². The number of carboxylic acids is 1. The van der Waals surface area contributed by atoms with Crippen molar-refractivity contribution < 1.29 is 29.0 Å². The van der Waals surface area contributed by atoms with Gasteiger partial charge in [-0.3, -0.25) is 4.79 Å². The van der Waals surface area contributed by atoms with E-state index < -0.39 is 36.1 Å². The first-order chi connectivity index (χ1) is 14.2. The van der Waals surface area contributed by atoms with Gasteiger partial charge in [0.15, 0.2) is 0 Å². The topological polar surface area (TPSA) is 102 Å². The average molecular weight is 411 g/mol. The van der Waals surface area contributed by atoms with Crippen LogP contribution in [0.5, 0.6) is 0 Å². The van der Waals surface area contributed by atoms with Crippen LogP contribution >= 0.6 is 0 Å². The maximum absolute atomic E-state index is 12.4. The van der Waals surface area contributed by atoms with E-state index in [0.717, 1.165) is 22.3 Å². The first kappa shape index (κ1) is 21.4. The number of aliphatic carboxylic acids is 1. The highest BCUT2D eigenvalue weighted by atomic mass is 16.6. The van der Waals surface area contributed by atoms with Gasteiger partial charge < -0.3 is 19.9 Å². The molecule has 1 atom stereocenters. The summed E-state index contributed by atoms with van der Waals surface area (Å²) < 4.78 is 10.6. The molecule has 158 valence electrons. The van der Waals surface area contributed by atoms with Crippen LogP contribution in [-0.2, 0) is 19.1 Å². The number of fused-ring (bicyclic) bond motifs is 3. The van der Waals surface area contributed by atoms with Gasteiger partial charge in [0.2, 0.25) is 0 Å². The Labute approximate surface area is 175 Å². The number of hydrogen-bond donors (Lipinski definition) is 2. The first-order valence-electron chi connectivity index (χ1n) is 9.72. The predicted molar refractivity (Wildman–Crippen MR) is 110 cm³/mol. The molecule has 7 nitrogen and oxygen atoms in total. The Bertz CT molecular complexity index is 917. The Hall–Kier alpha value is -3.35. The van der Waals surface area contributed by atoms with Crippen molar-refractivity contribution in [2.45, 2.75) is 44.8 Å². The number of carboxylic acid groups (broad SMARTS) is 1. The van der Waals surface area contributed by atoms with Gasteiger partial charge in [0, 0.05) is 5.92 Å². The van der Waals surface area contributed by atoms with Crippen molar-refractivity contribution in [2.75, 3.05) is 6.61 Å². The smallest absolute Gasteiger partial charge is 0.407 e. The van der Waals surface area contributed by atoms with Crippen LogP contribution in [0, 0.1) is 0 Å². The van der Waals surface area contributed by atoms with Crippen LogP contribution in [0.4, 0.5) is 4.79 Å². The molecule has 0 unspecified atom stereocenters. The number of alkyl carbamates (subject to hydrolysis) is 1. The summed E-state index contributed by atoms with van der Waals surface area (Å²) in [7, 11) is 0. The molecule has 1 aliphatic carbocycles. The van der Waals surface area contributed by atoms with Crippen molar-refractivity contribution in [2.24, 2.45) is 0 Å². The number of benzene rings is 2. The summed E-state index contributed by atoms with van der Waals surface area (Å²) in [5.74, 6) is -2.19. The number of hydrogen-bond acceptors (Lipinski definition) is 5. The van der Waals surface area contributed by atoms with Gasteiger partial charge in [-0.15, -0.1) is 0 Å². The molecule has 0 aromatic heterocycles. The Balaban J connectivity index is 1.68. The molecule has 0 radical (unpaired) electrons. The van der Waals surface area contributed by atoms with Crippen molar-refractivity contribution in [1.29, 1.82) is 0 Å². The van der Waals surface area contributed by atoms with Gasteiger partial charge in [0.05, 0.1) is 6.42 Å². The number of rotatable bonds is 6. The van der Waals surface area contributed by atoms with E-state index in [9.17, 15) is 14.4 Å². The number of amides is 1. The van der Waals surface area contributed by atoms with Crippen molar-refractivity contribution in [3.8, 4) is 11.1 Å². The molecule has 0 fully saturated rings. The fraction of sp³-hybridized carbons (Fsp3) is 0.348. The number of esters is 1. The lowest BCUT2D eigenvalue weighted by atomic mass is 9.98. The number of ether oxygens (including phenoxy) is 2. The molecule has 0 heterocycles. The zero-order chi connectivity index (χ0) is 21.9. The van der Waals surface area contributed by atoms with Gasteiger partial charge in [-0.1, -0.05) is 48.5 Å². The van der Waals surface area contributed by atoms with Crippen molar-refractivity contribution in [3.63, 3.8) is 0 Å². The minimum Gasteiger partial charge on any atom is -0.481 e. The molecule has 2 N–H and O–H groups in total. The van der Waals surface area contributed by atoms with Crippen molar-refractivity contribution in [1.82, 2.24) is 5.32 Å². The van der Waals surface area contributed by atoms with E-state index in [2.05, 4.69) is 5.32 Å². The zero-order valence-electron chi connectivity index (χ0n) is 17.2. The summed E-state index contributed by atoms with van der Waals surface area (Å²) in [6.45, 7) is 5.05. The van der Waals surface area contributed by atoms with Gasteiger partial charge in [0.1, 0.15) is 18.2 Å². The summed E-state index contributed by atoms with van der Waals surface area (Å²) in [4.78, 5) is 35.7. The monoisotopic (exact) mass is 411 g/mol. The second kappa shape index (κ2) is 8.57. The van der Waals surface area contributed by atoms with E-state index in [1.54, 1.807) is 20.8 Å². The number of carbonyl (C=O) groups excluding carboxylic acids is 2. The van der Waals surface area contributed by atoms with Crippen molar-refractivity contribution in [3.05, 3.63) is 59.7 Å². The third kappa shape index (κ3) is 4.97. The van der Waals surface area contributed by atoms with Crippen molar-refractivity contribution >= 4 is 18.0 Å². The lowest BCUT2D eigenvalue weighted by molar-refractivity contribution is -0.159. The average Bonchev–Trinajstić information content (AvgIpc) is 2.98.